The third kappa shape index (κ3) is 4.89. The fourth-order valence-corrected chi connectivity index (χ4v) is 4.03. The Morgan fingerprint density at radius 3 is 2.31 bits per heavy atom. The number of hydrogen-bond acceptors (Lipinski definition) is 4. The number of para-hydroxylation sites is 1. The number of carbonyl (C=O) groups is 2. The maximum atomic E-state index is 13.7. The second-order valence-electron chi connectivity index (χ2n) is 7.73. The monoisotopic (exact) mass is 429 g/mol. The zero-order valence-electron chi connectivity index (χ0n) is 18.1. The molecular weight excluding hydrogens is 402 g/mol. The molecule has 32 heavy (non-hydrogen) atoms. The number of esters is 1. The first-order valence-electron chi connectivity index (χ1n) is 11.0. The molecule has 5 heteroatoms. The van der Waals surface area contributed by atoms with Crippen molar-refractivity contribution in [1.82, 2.24) is 0 Å². The highest BCUT2D eigenvalue weighted by Crippen LogP contribution is 2.39. The minimum Gasteiger partial charge on any atom is -0.466 e. The highest BCUT2D eigenvalue weighted by molar-refractivity contribution is 5.98. The van der Waals surface area contributed by atoms with Gasteiger partial charge in [0.05, 0.1) is 18.8 Å². The van der Waals surface area contributed by atoms with Crippen molar-refractivity contribution in [3.05, 3.63) is 102 Å². The molecule has 0 N–H and O–H groups in total. The van der Waals surface area contributed by atoms with E-state index in [0.717, 1.165) is 22.4 Å². The fourth-order valence-electron chi connectivity index (χ4n) is 4.03. The van der Waals surface area contributed by atoms with Crippen LogP contribution in [0.4, 0.5) is 5.69 Å². The molecule has 3 aromatic rings. The van der Waals surface area contributed by atoms with Crippen LogP contribution in [0.5, 0.6) is 0 Å². The lowest BCUT2D eigenvalue weighted by Gasteiger charge is -2.25. The summed E-state index contributed by atoms with van der Waals surface area (Å²) >= 11 is 0. The summed E-state index contributed by atoms with van der Waals surface area (Å²) in [5.41, 5.74) is 3.75. The Bertz CT molecular complexity index is 1050. The number of hydrogen-bond donors (Lipinski definition) is 0. The molecule has 0 fully saturated rings. The molecule has 1 amide bonds. The van der Waals surface area contributed by atoms with Gasteiger partial charge < -0.3 is 14.4 Å². The van der Waals surface area contributed by atoms with Gasteiger partial charge in [-0.15, -0.1) is 0 Å². The average Bonchev–Trinajstić information content (AvgIpc) is 2.94. The second kappa shape index (κ2) is 10.2. The van der Waals surface area contributed by atoms with E-state index < -0.39 is 12.2 Å². The third-order valence-corrected chi connectivity index (χ3v) is 5.55. The summed E-state index contributed by atoms with van der Waals surface area (Å²) in [6.45, 7) is 2.52. The van der Waals surface area contributed by atoms with Crippen LogP contribution in [0.15, 0.2) is 84.9 Å². The van der Waals surface area contributed by atoms with Crippen LogP contribution in [0.3, 0.4) is 0 Å². The van der Waals surface area contributed by atoms with Gasteiger partial charge in [-0.05, 0) is 30.5 Å². The molecule has 1 heterocycles. The standard InChI is InChI=1S/C27H27NO4/c1-2-31-25(29)18-17-24-27(30)28(19-20-11-5-3-6-12-20)23-16-10-9-15-22(23)26(32-24)21-13-7-4-8-14-21/h3-16,24,26H,2,17-19H2,1H3/t24-,26-/m1/s1. The Balaban J connectivity index is 1.73. The first-order valence-corrected chi connectivity index (χ1v) is 11.0. The molecule has 4 rings (SSSR count). The summed E-state index contributed by atoms with van der Waals surface area (Å²) in [5, 5.41) is 0. The van der Waals surface area contributed by atoms with E-state index in [1.165, 1.54) is 0 Å². The van der Waals surface area contributed by atoms with E-state index in [1.807, 2.05) is 84.9 Å². The molecule has 0 aromatic heterocycles. The largest absolute Gasteiger partial charge is 0.466 e. The Morgan fingerprint density at radius 1 is 0.938 bits per heavy atom. The Kier molecular flexibility index (Phi) is 6.97. The molecule has 0 aliphatic carbocycles. The normalized spacial score (nSPS) is 18.0. The van der Waals surface area contributed by atoms with Crippen LogP contribution in [-0.2, 0) is 25.6 Å². The second-order valence-corrected chi connectivity index (χ2v) is 7.73. The fraction of sp³-hybridized carbons (Fsp3) is 0.259. The van der Waals surface area contributed by atoms with Crippen LogP contribution in [0.2, 0.25) is 0 Å². The summed E-state index contributed by atoms with van der Waals surface area (Å²) in [4.78, 5) is 27.5. The number of rotatable bonds is 7. The molecule has 164 valence electrons. The van der Waals surface area contributed by atoms with Gasteiger partial charge in [0.2, 0.25) is 0 Å². The Labute approximate surface area is 188 Å². The highest BCUT2D eigenvalue weighted by Gasteiger charge is 2.36. The minimum absolute atomic E-state index is 0.126. The lowest BCUT2D eigenvalue weighted by molar-refractivity contribution is -0.145. The van der Waals surface area contributed by atoms with Gasteiger partial charge in [-0.25, -0.2) is 0 Å². The van der Waals surface area contributed by atoms with E-state index in [0.29, 0.717) is 13.2 Å². The minimum atomic E-state index is -0.763. The van der Waals surface area contributed by atoms with Crippen LogP contribution in [0, 0.1) is 0 Å². The number of amides is 1. The van der Waals surface area contributed by atoms with Crippen molar-refractivity contribution in [2.75, 3.05) is 11.5 Å². The molecule has 3 aromatic carbocycles. The van der Waals surface area contributed by atoms with E-state index in [2.05, 4.69) is 0 Å². The van der Waals surface area contributed by atoms with Crippen molar-refractivity contribution in [1.29, 1.82) is 0 Å². The first kappa shape index (κ1) is 21.8. The Morgan fingerprint density at radius 2 is 1.59 bits per heavy atom. The molecule has 0 saturated carbocycles. The lowest BCUT2D eigenvalue weighted by Crippen LogP contribution is -2.39. The van der Waals surface area contributed by atoms with Gasteiger partial charge in [-0.3, -0.25) is 9.59 Å². The maximum Gasteiger partial charge on any atom is 0.305 e. The van der Waals surface area contributed by atoms with Gasteiger partial charge in [0.25, 0.3) is 5.91 Å². The van der Waals surface area contributed by atoms with E-state index in [9.17, 15) is 9.59 Å². The van der Waals surface area contributed by atoms with Crippen molar-refractivity contribution in [3.8, 4) is 0 Å². The van der Waals surface area contributed by atoms with Crippen molar-refractivity contribution in [3.63, 3.8) is 0 Å². The first-order chi connectivity index (χ1) is 15.7. The predicted octanol–water partition coefficient (Wildman–Crippen LogP) is 5.05. The van der Waals surface area contributed by atoms with Crippen LogP contribution in [0.1, 0.15) is 42.6 Å². The van der Waals surface area contributed by atoms with Crippen LogP contribution in [-0.4, -0.2) is 24.6 Å². The van der Waals surface area contributed by atoms with E-state index in [4.69, 9.17) is 9.47 Å². The zero-order valence-corrected chi connectivity index (χ0v) is 18.1. The quantitative estimate of drug-likeness (QED) is 0.493. The van der Waals surface area contributed by atoms with Crippen molar-refractivity contribution < 1.29 is 19.1 Å². The number of nitrogens with zero attached hydrogens (tertiary/aromatic N) is 1. The van der Waals surface area contributed by atoms with Gasteiger partial charge in [0.1, 0.15) is 12.2 Å². The molecule has 1 aliphatic rings. The Hall–Kier alpha value is -3.44. The van der Waals surface area contributed by atoms with Crippen molar-refractivity contribution in [2.24, 2.45) is 0 Å². The zero-order chi connectivity index (χ0) is 22.3. The lowest BCUT2D eigenvalue weighted by atomic mass is 9.99. The molecule has 0 bridgehead atoms. The van der Waals surface area contributed by atoms with Gasteiger partial charge >= 0.3 is 5.97 Å². The molecule has 2 atom stereocenters. The number of fused-ring (bicyclic) bond motifs is 1. The van der Waals surface area contributed by atoms with Gasteiger partial charge in [0.15, 0.2) is 0 Å². The van der Waals surface area contributed by atoms with E-state index >= 15 is 0 Å². The molecule has 1 aliphatic heterocycles. The predicted molar refractivity (Wildman–Crippen MR) is 123 cm³/mol. The summed E-state index contributed by atoms with van der Waals surface area (Å²) in [5.74, 6) is -0.472. The number of benzene rings is 3. The van der Waals surface area contributed by atoms with Crippen LogP contribution >= 0.6 is 0 Å². The molecule has 5 nitrogen and oxygen atoms in total. The summed E-state index contributed by atoms with van der Waals surface area (Å²) in [7, 11) is 0. The van der Waals surface area contributed by atoms with Gasteiger partial charge in [-0.2, -0.15) is 0 Å². The van der Waals surface area contributed by atoms with Crippen molar-refractivity contribution in [2.45, 2.75) is 38.5 Å². The molecule has 0 radical (unpaired) electrons. The third-order valence-electron chi connectivity index (χ3n) is 5.55. The van der Waals surface area contributed by atoms with E-state index in [1.54, 1.807) is 11.8 Å². The number of ether oxygens (including phenoxy) is 2. The highest BCUT2D eigenvalue weighted by atomic mass is 16.5. The molecular formula is C27H27NO4. The van der Waals surface area contributed by atoms with E-state index in [-0.39, 0.29) is 24.7 Å². The summed E-state index contributed by atoms with van der Waals surface area (Å²) < 4.78 is 11.5. The average molecular weight is 430 g/mol. The maximum absolute atomic E-state index is 13.7. The smallest absolute Gasteiger partial charge is 0.305 e. The van der Waals surface area contributed by atoms with Gasteiger partial charge in [0, 0.05) is 12.0 Å². The van der Waals surface area contributed by atoms with Crippen molar-refractivity contribution >= 4 is 17.6 Å². The number of carbonyl (C=O) groups excluding carboxylic acids is 2. The van der Waals surface area contributed by atoms with Gasteiger partial charge in [-0.1, -0.05) is 78.9 Å². The summed E-state index contributed by atoms with van der Waals surface area (Å²) in [6, 6.07) is 27.6. The number of anilines is 1. The SMILES string of the molecule is CCOC(=O)CC[C@H]1O[C@H](c2ccccc2)c2ccccc2N(Cc2ccccc2)C1=O. The molecule has 0 unspecified atom stereocenters. The topological polar surface area (TPSA) is 55.8 Å². The van der Waals surface area contributed by atoms with Crippen LogP contribution in [0.25, 0.3) is 0 Å². The molecule has 0 saturated heterocycles. The van der Waals surface area contributed by atoms with Crippen LogP contribution < -0.4 is 4.90 Å². The molecule has 0 spiro atoms. The summed E-state index contributed by atoms with van der Waals surface area (Å²) in [6.07, 6.45) is -0.785.